The molecule has 8 nitrogen and oxygen atoms in total. The van der Waals surface area contributed by atoms with Crippen LogP contribution in [0.1, 0.15) is 36.0 Å². The molecule has 8 heteroatoms. The Morgan fingerprint density at radius 3 is 2.55 bits per heavy atom. The second kappa shape index (κ2) is 10.8. The molecule has 1 aromatic carbocycles. The monoisotopic (exact) mass is 446 g/mol. The molecule has 0 spiro atoms. The van der Waals surface area contributed by atoms with Crippen molar-refractivity contribution >= 4 is 17.7 Å². The number of nitrogens with one attached hydrogen (secondary N) is 2. The fraction of sp³-hybridized carbons (Fsp3) is 0.360. The van der Waals surface area contributed by atoms with Crippen molar-refractivity contribution in [2.75, 3.05) is 30.9 Å². The topological polar surface area (TPSA) is 92.3 Å². The van der Waals surface area contributed by atoms with Gasteiger partial charge in [0, 0.05) is 39.1 Å². The lowest BCUT2D eigenvalue weighted by molar-refractivity contribution is 0.0940. The number of carbonyl (C=O) groups excluding carboxylic acids is 1. The maximum atomic E-state index is 12.8. The number of aromatic nitrogens is 3. The molecule has 4 rings (SSSR count). The maximum Gasteiger partial charge on any atom is 0.256 e. The van der Waals surface area contributed by atoms with Crippen LogP contribution in [0.15, 0.2) is 60.9 Å². The highest BCUT2D eigenvalue weighted by molar-refractivity contribution is 5.96. The van der Waals surface area contributed by atoms with Crippen LogP contribution in [0, 0.1) is 5.92 Å². The van der Waals surface area contributed by atoms with Crippen LogP contribution < -0.4 is 20.3 Å². The minimum atomic E-state index is -0.164. The lowest BCUT2D eigenvalue weighted by Crippen LogP contribution is -2.34. The summed E-state index contributed by atoms with van der Waals surface area (Å²) in [6.45, 7) is 0.637. The minimum absolute atomic E-state index is 0.164. The van der Waals surface area contributed by atoms with Crippen molar-refractivity contribution in [1.29, 1.82) is 0 Å². The summed E-state index contributed by atoms with van der Waals surface area (Å²) >= 11 is 0. The normalized spacial score (nSPS) is 17.8. The molecule has 2 N–H and O–H groups in total. The van der Waals surface area contributed by atoms with Crippen molar-refractivity contribution < 1.29 is 9.53 Å². The fourth-order valence-electron chi connectivity index (χ4n) is 3.94. The highest BCUT2D eigenvalue weighted by atomic mass is 16.5. The van der Waals surface area contributed by atoms with Crippen LogP contribution in [-0.4, -0.2) is 47.5 Å². The summed E-state index contributed by atoms with van der Waals surface area (Å²) in [6.07, 6.45) is 7.51. The molecule has 1 aliphatic rings. The van der Waals surface area contributed by atoms with Gasteiger partial charge in [-0.25, -0.2) is 9.97 Å². The molecule has 1 aliphatic carbocycles. The molecule has 33 heavy (non-hydrogen) atoms. The van der Waals surface area contributed by atoms with E-state index in [1.807, 2.05) is 55.4 Å². The summed E-state index contributed by atoms with van der Waals surface area (Å²) in [6, 6.07) is 15.1. The summed E-state index contributed by atoms with van der Waals surface area (Å²) in [4.78, 5) is 27.9. The molecule has 0 aliphatic heterocycles. The Bertz CT molecular complexity index is 1050. The number of anilines is 2. The van der Waals surface area contributed by atoms with Crippen LogP contribution in [-0.2, 0) is 0 Å². The van der Waals surface area contributed by atoms with E-state index in [1.54, 1.807) is 24.5 Å². The van der Waals surface area contributed by atoms with Gasteiger partial charge in [0.1, 0.15) is 17.1 Å². The Morgan fingerprint density at radius 1 is 1.00 bits per heavy atom. The number of benzene rings is 1. The molecular formula is C25H30N6O2. The number of carbonyl (C=O) groups is 1. The standard InChI is InChI=1S/C25H30N6O2/c1-31(2)22-14-16-27-25(30-22)29-19-12-10-18(11-13-19)17-28-23(32)21-9-6-15-26-24(21)33-20-7-4-3-5-8-20/h3-9,14-16,18-19H,10-13,17H2,1-2H3,(H,28,32)(H,27,29,30). The number of rotatable bonds is 8. The maximum absolute atomic E-state index is 12.8. The molecule has 1 amide bonds. The lowest BCUT2D eigenvalue weighted by Gasteiger charge is -2.29. The number of amides is 1. The fourth-order valence-corrected chi connectivity index (χ4v) is 3.94. The summed E-state index contributed by atoms with van der Waals surface area (Å²) in [7, 11) is 3.93. The van der Waals surface area contributed by atoms with Gasteiger partial charge in [0.05, 0.1) is 0 Å². The van der Waals surface area contributed by atoms with Gasteiger partial charge in [-0.1, -0.05) is 18.2 Å². The second-order valence-corrected chi connectivity index (χ2v) is 8.48. The third-order valence-electron chi connectivity index (χ3n) is 5.80. The molecule has 1 fully saturated rings. The number of ether oxygens (including phenoxy) is 1. The minimum Gasteiger partial charge on any atom is -0.438 e. The second-order valence-electron chi connectivity index (χ2n) is 8.48. The summed E-state index contributed by atoms with van der Waals surface area (Å²) < 4.78 is 5.82. The van der Waals surface area contributed by atoms with Gasteiger partial charge in [-0.15, -0.1) is 0 Å². The van der Waals surface area contributed by atoms with E-state index in [1.165, 1.54) is 0 Å². The molecule has 0 bridgehead atoms. The number of hydrogen-bond donors (Lipinski definition) is 2. The smallest absolute Gasteiger partial charge is 0.256 e. The van der Waals surface area contributed by atoms with Gasteiger partial charge < -0.3 is 20.3 Å². The van der Waals surface area contributed by atoms with Gasteiger partial charge in [-0.2, -0.15) is 4.98 Å². The van der Waals surface area contributed by atoms with Gasteiger partial charge in [0.25, 0.3) is 5.91 Å². The summed E-state index contributed by atoms with van der Waals surface area (Å²) in [5, 5.41) is 6.53. The van der Waals surface area contributed by atoms with Gasteiger partial charge in [0.2, 0.25) is 11.8 Å². The molecule has 0 atom stereocenters. The molecular weight excluding hydrogens is 416 g/mol. The van der Waals surface area contributed by atoms with E-state index >= 15 is 0 Å². The van der Waals surface area contributed by atoms with Crippen LogP contribution >= 0.6 is 0 Å². The van der Waals surface area contributed by atoms with Crippen LogP contribution in [0.2, 0.25) is 0 Å². The largest absolute Gasteiger partial charge is 0.438 e. The van der Waals surface area contributed by atoms with Crippen molar-refractivity contribution in [3.8, 4) is 11.6 Å². The van der Waals surface area contributed by atoms with E-state index in [9.17, 15) is 4.79 Å². The van der Waals surface area contributed by atoms with Gasteiger partial charge in [0.15, 0.2) is 0 Å². The third kappa shape index (κ3) is 6.19. The first-order valence-corrected chi connectivity index (χ1v) is 11.3. The zero-order chi connectivity index (χ0) is 23.0. The first kappa shape index (κ1) is 22.5. The number of para-hydroxylation sites is 1. The van der Waals surface area contributed by atoms with Crippen molar-refractivity contribution in [3.05, 3.63) is 66.5 Å². The number of nitrogens with zero attached hydrogens (tertiary/aromatic N) is 4. The average molecular weight is 447 g/mol. The predicted molar refractivity (Wildman–Crippen MR) is 129 cm³/mol. The Hall–Kier alpha value is -3.68. The molecule has 2 aromatic heterocycles. The van der Waals surface area contributed by atoms with Gasteiger partial charge in [-0.05, 0) is 61.9 Å². The highest BCUT2D eigenvalue weighted by Gasteiger charge is 2.23. The highest BCUT2D eigenvalue weighted by Crippen LogP contribution is 2.27. The molecule has 0 radical (unpaired) electrons. The van der Waals surface area contributed by atoms with Crippen LogP contribution in [0.3, 0.4) is 0 Å². The lowest BCUT2D eigenvalue weighted by atomic mass is 9.86. The van der Waals surface area contributed by atoms with E-state index in [0.29, 0.717) is 41.6 Å². The molecule has 1 saturated carbocycles. The van der Waals surface area contributed by atoms with Crippen molar-refractivity contribution in [2.24, 2.45) is 5.92 Å². The Kier molecular flexibility index (Phi) is 7.34. The molecule has 0 unspecified atom stereocenters. The Morgan fingerprint density at radius 2 is 1.79 bits per heavy atom. The third-order valence-corrected chi connectivity index (χ3v) is 5.80. The van der Waals surface area contributed by atoms with Crippen molar-refractivity contribution in [2.45, 2.75) is 31.7 Å². The molecule has 2 heterocycles. The average Bonchev–Trinajstić information content (AvgIpc) is 2.84. The van der Waals surface area contributed by atoms with Gasteiger partial charge in [-0.3, -0.25) is 4.79 Å². The van der Waals surface area contributed by atoms with Crippen LogP contribution in [0.25, 0.3) is 0 Å². The molecule has 0 saturated heterocycles. The zero-order valence-electron chi connectivity index (χ0n) is 19.1. The van der Waals surface area contributed by atoms with E-state index in [4.69, 9.17) is 4.74 Å². The van der Waals surface area contributed by atoms with E-state index in [2.05, 4.69) is 25.6 Å². The first-order chi connectivity index (χ1) is 16.1. The van der Waals surface area contributed by atoms with Crippen molar-refractivity contribution in [3.63, 3.8) is 0 Å². The number of hydrogen-bond acceptors (Lipinski definition) is 7. The molecule has 172 valence electrons. The Balaban J connectivity index is 1.26. The van der Waals surface area contributed by atoms with E-state index in [-0.39, 0.29) is 5.91 Å². The van der Waals surface area contributed by atoms with Crippen LogP contribution in [0.5, 0.6) is 11.6 Å². The van der Waals surface area contributed by atoms with Crippen LogP contribution in [0.4, 0.5) is 11.8 Å². The SMILES string of the molecule is CN(C)c1ccnc(NC2CCC(CNC(=O)c3cccnc3Oc3ccccc3)CC2)n1. The first-order valence-electron chi connectivity index (χ1n) is 11.3. The van der Waals surface area contributed by atoms with Gasteiger partial charge >= 0.3 is 0 Å². The summed E-state index contributed by atoms with van der Waals surface area (Å²) in [5.41, 5.74) is 0.439. The quantitative estimate of drug-likeness (QED) is 0.537. The zero-order valence-corrected chi connectivity index (χ0v) is 19.1. The van der Waals surface area contributed by atoms with Crippen molar-refractivity contribution in [1.82, 2.24) is 20.3 Å². The molecule has 3 aromatic rings. The summed E-state index contributed by atoms with van der Waals surface area (Å²) in [5.74, 6) is 2.79. The van der Waals surface area contributed by atoms with E-state index in [0.717, 1.165) is 31.5 Å². The predicted octanol–water partition coefficient (Wildman–Crippen LogP) is 4.13. The van der Waals surface area contributed by atoms with E-state index < -0.39 is 0 Å². The number of pyridine rings is 1. The Labute approximate surface area is 194 Å².